The number of non-ortho nitro benzene ring substituents is 1. The molecule has 0 spiro atoms. The molecule has 2 fully saturated rings. The van der Waals surface area contributed by atoms with E-state index >= 15 is 0 Å². The Hall–Kier alpha value is -2.74. The molecule has 2 bridgehead atoms. The maximum atomic E-state index is 13.0. The normalized spacial score (nSPS) is 23.5. The number of rotatable bonds is 8. The number of nitrogens with zero attached hydrogens (tertiary/aromatic N) is 4. The van der Waals surface area contributed by atoms with E-state index in [0.717, 1.165) is 38.5 Å². The van der Waals surface area contributed by atoms with Crippen LogP contribution in [-0.2, 0) is 4.79 Å². The molecule has 1 aromatic rings. The summed E-state index contributed by atoms with van der Waals surface area (Å²) >= 11 is 0. The summed E-state index contributed by atoms with van der Waals surface area (Å²) in [4.78, 5) is 42.4. The fourth-order valence-electron chi connectivity index (χ4n) is 5.85. The molecule has 8 nitrogen and oxygen atoms in total. The van der Waals surface area contributed by atoms with Gasteiger partial charge in [-0.3, -0.25) is 24.6 Å². The van der Waals surface area contributed by atoms with Crippen LogP contribution in [0.1, 0.15) is 50.9 Å². The Morgan fingerprint density at radius 3 is 2.34 bits per heavy atom. The first kappa shape index (κ1) is 25.4. The minimum absolute atomic E-state index is 0.0171. The molecule has 5 rings (SSSR count). The molecule has 35 heavy (non-hydrogen) atoms. The van der Waals surface area contributed by atoms with Gasteiger partial charge in [0.1, 0.15) is 0 Å². The van der Waals surface area contributed by atoms with Crippen LogP contribution in [0.4, 0.5) is 5.69 Å². The number of benzene rings is 1. The third-order valence-corrected chi connectivity index (χ3v) is 8.43. The molecule has 1 aromatic carbocycles. The molecule has 8 heteroatoms. The average molecular weight is 483 g/mol. The lowest BCUT2D eigenvalue weighted by atomic mass is 9.49. The summed E-state index contributed by atoms with van der Waals surface area (Å²) in [5, 5.41) is 10.8. The van der Waals surface area contributed by atoms with E-state index in [1.807, 2.05) is 18.7 Å². The van der Waals surface area contributed by atoms with Gasteiger partial charge in [-0.1, -0.05) is 39.3 Å². The van der Waals surface area contributed by atoms with Crippen molar-refractivity contribution in [1.29, 1.82) is 0 Å². The molecule has 1 aliphatic heterocycles. The SMILES string of the molecule is CC(C)C(=O)N(CCN1CCN(C(=O)c2ccc([N+](=O)[O-])cc2)CC1)CC1=CCC2CC1C2(C)C. The molecular formula is C27H38N4O4. The summed E-state index contributed by atoms with van der Waals surface area (Å²) in [7, 11) is 0. The Labute approximate surface area is 208 Å². The van der Waals surface area contributed by atoms with E-state index in [4.69, 9.17) is 0 Å². The van der Waals surface area contributed by atoms with Gasteiger partial charge in [-0.05, 0) is 42.2 Å². The topological polar surface area (TPSA) is 87.0 Å². The highest BCUT2D eigenvalue weighted by molar-refractivity contribution is 5.94. The second-order valence-electron chi connectivity index (χ2n) is 11.2. The monoisotopic (exact) mass is 482 g/mol. The largest absolute Gasteiger partial charge is 0.337 e. The first-order chi connectivity index (χ1) is 16.6. The fourth-order valence-corrected chi connectivity index (χ4v) is 5.85. The maximum Gasteiger partial charge on any atom is 0.269 e. The van der Waals surface area contributed by atoms with Crippen LogP contribution in [0.25, 0.3) is 0 Å². The van der Waals surface area contributed by atoms with Crippen molar-refractivity contribution in [3.63, 3.8) is 0 Å². The van der Waals surface area contributed by atoms with Crippen molar-refractivity contribution in [2.24, 2.45) is 23.2 Å². The Kier molecular flexibility index (Phi) is 7.31. The number of carbonyl (C=O) groups excluding carboxylic acids is 2. The molecule has 2 atom stereocenters. The molecule has 2 unspecified atom stereocenters. The van der Waals surface area contributed by atoms with Gasteiger partial charge in [0.05, 0.1) is 4.92 Å². The van der Waals surface area contributed by atoms with Crippen LogP contribution >= 0.6 is 0 Å². The Bertz CT molecular complexity index is 993. The summed E-state index contributed by atoms with van der Waals surface area (Å²) in [6.07, 6.45) is 4.77. The lowest BCUT2D eigenvalue weighted by Crippen LogP contribution is -2.52. The number of carbonyl (C=O) groups is 2. The van der Waals surface area contributed by atoms with Gasteiger partial charge in [-0.25, -0.2) is 0 Å². The van der Waals surface area contributed by atoms with E-state index in [9.17, 15) is 19.7 Å². The molecule has 190 valence electrons. The zero-order valence-corrected chi connectivity index (χ0v) is 21.4. The Morgan fingerprint density at radius 1 is 1.14 bits per heavy atom. The first-order valence-electron chi connectivity index (χ1n) is 12.8. The highest BCUT2D eigenvalue weighted by atomic mass is 16.6. The van der Waals surface area contributed by atoms with Gasteiger partial charge < -0.3 is 9.80 Å². The molecule has 4 aliphatic rings. The number of hydrogen-bond donors (Lipinski definition) is 0. The molecule has 1 heterocycles. The van der Waals surface area contributed by atoms with Crippen LogP contribution in [0.3, 0.4) is 0 Å². The van der Waals surface area contributed by atoms with Crippen LogP contribution < -0.4 is 0 Å². The average Bonchev–Trinajstić information content (AvgIpc) is 2.85. The quantitative estimate of drug-likeness (QED) is 0.319. The summed E-state index contributed by atoms with van der Waals surface area (Å²) in [6.45, 7) is 13.6. The fraction of sp³-hybridized carbons (Fsp3) is 0.630. The van der Waals surface area contributed by atoms with Crippen LogP contribution in [0.15, 0.2) is 35.9 Å². The van der Waals surface area contributed by atoms with Gasteiger partial charge in [0.15, 0.2) is 0 Å². The van der Waals surface area contributed by atoms with Gasteiger partial charge in [0.2, 0.25) is 5.91 Å². The zero-order valence-electron chi connectivity index (χ0n) is 21.4. The molecule has 2 amide bonds. The van der Waals surface area contributed by atoms with Crippen LogP contribution in [0.5, 0.6) is 0 Å². The third-order valence-electron chi connectivity index (χ3n) is 8.43. The second kappa shape index (κ2) is 10.1. The molecule has 0 radical (unpaired) electrons. The third kappa shape index (κ3) is 5.27. The highest BCUT2D eigenvalue weighted by Crippen LogP contribution is 2.59. The van der Waals surface area contributed by atoms with Crippen LogP contribution in [0.2, 0.25) is 0 Å². The summed E-state index contributed by atoms with van der Waals surface area (Å²) < 4.78 is 0. The standard InChI is InChI=1S/C27H38N4O4/c1-19(2)25(32)30(18-21-5-8-22-17-24(21)27(22,3)4)16-13-28-11-14-29(15-12-28)26(33)20-6-9-23(10-7-20)31(34)35/h5-7,9-10,19,22,24H,8,11-18H2,1-4H3. The van der Waals surface area contributed by atoms with Crippen molar-refractivity contribution in [1.82, 2.24) is 14.7 Å². The minimum Gasteiger partial charge on any atom is -0.337 e. The zero-order chi connectivity index (χ0) is 25.3. The van der Waals surface area contributed by atoms with Gasteiger partial charge in [0.25, 0.3) is 11.6 Å². The van der Waals surface area contributed by atoms with Crippen LogP contribution in [-0.4, -0.2) is 77.3 Å². The molecule has 1 saturated heterocycles. The Morgan fingerprint density at radius 2 is 1.80 bits per heavy atom. The van der Waals surface area contributed by atoms with Crippen molar-refractivity contribution in [3.05, 3.63) is 51.6 Å². The second-order valence-corrected chi connectivity index (χ2v) is 11.2. The van der Waals surface area contributed by atoms with Crippen molar-refractivity contribution in [2.75, 3.05) is 45.8 Å². The molecular weight excluding hydrogens is 444 g/mol. The number of hydrogen-bond acceptors (Lipinski definition) is 5. The number of allylic oxidation sites excluding steroid dienone is 1. The predicted molar refractivity (Wildman–Crippen MR) is 135 cm³/mol. The number of piperazine rings is 1. The van der Waals surface area contributed by atoms with Gasteiger partial charge in [-0.2, -0.15) is 0 Å². The van der Waals surface area contributed by atoms with Gasteiger partial charge >= 0.3 is 0 Å². The number of nitro groups is 1. The van der Waals surface area contributed by atoms with Crippen molar-refractivity contribution < 1.29 is 14.5 Å². The summed E-state index contributed by atoms with van der Waals surface area (Å²) in [5.41, 5.74) is 2.24. The van der Waals surface area contributed by atoms with Crippen molar-refractivity contribution in [3.8, 4) is 0 Å². The number of amides is 2. The van der Waals surface area contributed by atoms with E-state index in [2.05, 4.69) is 24.8 Å². The minimum atomic E-state index is -0.463. The van der Waals surface area contributed by atoms with E-state index in [-0.39, 0.29) is 23.4 Å². The Balaban J connectivity index is 1.30. The first-order valence-corrected chi connectivity index (χ1v) is 12.8. The van der Waals surface area contributed by atoms with Crippen LogP contribution in [0, 0.1) is 33.3 Å². The van der Waals surface area contributed by atoms with E-state index in [0.29, 0.717) is 36.5 Å². The predicted octanol–water partition coefficient (Wildman–Crippen LogP) is 3.83. The van der Waals surface area contributed by atoms with Gasteiger partial charge in [-0.15, -0.1) is 0 Å². The molecule has 3 aliphatic carbocycles. The van der Waals surface area contributed by atoms with Crippen molar-refractivity contribution in [2.45, 2.75) is 40.5 Å². The lowest BCUT2D eigenvalue weighted by Gasteiger charge is -2.57. The number of nitro benzene ring substituents is 1. The van der Waals surface area contributed by atoms with E-state index < -0.39 is 4.92 Å². The smallest absolute Gasteiger partial charge is 0.269 e. The molecule has 0 N–H and O–H groups in total. The maximum absolute atomic E-state index is 13.0. The van der Waals surface area contributed by atoms with E-state index in [1.165, 1.54) is 36.3 Å². The van der Waals surface area contributed by atoms with Crippen molar-refractivity contribution >= 4 is 17.5 Å². The highest BCUT2D eigenvalue weighted by Gasteiger charge is 2.51. The van der Waals surface area contributed by atoms with E-state index in [1.54, 1.807) is 4.90 Å². The molecule has 1 saturated carbocycles. The summed E-state index contributed by atoms with van der Waals surface area (Å²) in [5.74, 6) is 1.46. The summed E-state index contributed by atoms with van der Waals surface area (Å²) in [6, 6.07) is 5.79. The molecule has 0 aromatic heterocycles. The number of fused-ring (bicyclic) bond motifs is 1. The lowest BCUT2D eigenvalue weighted by molar-refractivity contribution is -0.384. The van der Waals surface area contributed by atoms with Gasteiger partial charge in [0, 0.05) is 69.4 Å².